The van der Waals surface area contributed by atoms with Gasteiger partial charge in [-0.25, -0.2) is 0 Å². The van der Waals surface area contributed by atoms with Crippen LogP contribution in [0.5, 0.6) is 0 Å². The molecule has 0 saturated carbocycles. The predicted octanol–water partition coefficient (Wildman–Crippen LogP) is 0.695. The van der Waals surface area contributed by atoms with Gasteiger partial charge in [0.1, 0.15) is 5.84 Å². The minimum atomic E-state index is -0.140. The van der Waals surface area contributed by atoms with Gasteiger partial charge in [-0.05, 0) is 6.08 Å². The average molecular weight is 132 g/mol. The lowest BCUT2D eigenvalue weighted by Gasteiger charge is -1.83. The highest BCUT2D eigenvalue weighted by Crippen LogP contribution is 1.93. The molecule has 4 heteroatoms. The molecule has 0 radical (unpaired) electrons. The number of allylic oxidation sites excluding steroid dienone is 1. The largest absolute Gasteiger partial charge is 0.384 e. The van der Waals surface area contributed by atoms with Gasteiger partial charge < -0.3 is 11.1 Å². The maximum atomic E-state index is 6.64. The molecule has 0 aliphatic heterocycles. The van der Waals surface area contributed by atoms with Crippen molar-refractivity contribution in [3.05, 3.63) is 11.1 Å². The molecule has 0 aromatic rings. The first-order valence-electron chi connectivity index (χ1n) is 1.88. The Hall–Kier alpha value is -0.830. The van der Waals surface area contributed by atoms with Gasteiger partial charge in [-0.15, -0.1) is 0 Å². The highest BCUT2D eigenvalue weighted by molar-refractivity contribution is 6.40. The molecule has 44 valence electrons. The van der Waals surface area contributed by atoms with Crippen LogP contribution in [0.25, 0.3) is 0 Å². The molecule has 0 aliphatic carbocycles. The second-order valence-electron chi connectivity index (χ2n) is 1.13. The third-order valence-corrected chi connectivity index (χ3v) is 0.649. The lowest BCUT2D eigenvalue weighted by Crippen LogP contribution is -2.05. The van der Waals surface area contributed by atoms with Gasteiger partial charge in [-0.1, -0.05) is 11.6 Å². The Bertz CT molecular complexity index is 138. The van der Waals surface area contributed by atoms with Crippen LogP contribution in [0.2, 0.25) is 0 Å². The quantitative estimate of drug-likeness (QED) is 0.375. The molecule has 0 rings (SSSR count). The standard InChI is InChI=1S/C4H6ClN3/c5-3(2-6)1-4(7)8/h1-2,6H,(H3,7,8)/b3-1+,6-2?. The van der Waals surface area contributed by atoms with Crippen molar-refractivity contribution in [3.8, 4) is 0 Å². The molecular formula is C4H6ClN3. The van der Waals surface area contributed by atoms with Crippen LogP contribution in [0.4, 0.5) is 0 Å². The molecule has 0 bridgehead atoms. The number of hydrogen-bond acceptors (Lipinski definition) is 2. The molecule has 4 N–H and O–H groups in total. The summed E-state index contributed by atoms with van der Waals surface area (Å²) in [6, 6.07) is 0. The molecule has 0 atom stereocenters. The third kappa shape index (κ3) is 3.36. The van der Waals surface area contributed by atoms with Crippen molar-refractivity contribution >= 4 is 23.7 Å². The Morgan fingerprint density at radius 1 is 1.62 bits per heavy atom. The van der Waals surface area contributed by atoms with Gasteiger partial charge in [-0.3, -0.25) is 5.41 Å². The first kappa shape index (κ1) is 7.17. The van der Waals surface area contributed by atoms with Crippen LogP contribution in [0.15, 0.2) is 11.1 Å². The molecule has 0 fully saturated rings. The molecule has 0 amide bonds. The Morgan fingerprint density at radius 3 is 2.25 bits per heavy atom. The fourth-order valence-corrected chi connectivity index (χ4v) is 0.308. The molecule has 0 unspecified atom stereocenters. The summed E-state index contributed by atoms with van der Waals surface area (Å²) in [5.74, 6) is -0.140. The van der Waals surface area contributed by atoms with Gasteiger partial charge in [0.2, 0.25) is 0 Å². The summed E-state index contributed by atoms with van der Waals surface area (Å²) in [5, 5.41) is 13.3. The summed E-state index contributed by atoms with van der Waals surface area (Å²) < 4.78 is 0. The van der Waals surface area contributed by atoms with E-state index in [1.807, 2.05) is 0 Å². The minimum Gasteiger partial charge on any atom is -0.384 e. The lowest BCUT2D eigenvalue weighted by molar-refractivity contribution is 1.46. The van der Waals surface area contributed by atoms with E-state index in [9.17, 15) is 0 Å². The smallest absolute Gasteiger partial charge is 0.116 e. The van der Waals surface area contributed by atoms with Crippen molar-refractivity contribution in [1.29, 1.82) is 10.8 Å². The van der Waals surface area contributed by atoms with Crippen LogP contribution in [0.1, 0.15) is 0 Å². The van der Waals surface area contributed by atoms with Gasteiger partial charge >= 0.3 is 0 Å². The molecular weight excluding hydrogens is 126 g/mol. The molecule has 0 heterocycles. The van der Waals surface area contributed by atoms with Crippen molar-refractivity contribution in [2.24, 2.45) is 5.73 Å². The van der Waals surface area contributed by atoms with Crippen LogP contribution < -0.4 is 5.73 Å². The van der Waals surface area contributed by atoms with Crippen LogP contribution in [-0.2, 0) is 0 Å². The highest BCUT2D eigenvalue weighted by atomic mass is 35.5. The van der Waals surface area contributed by atoms with Gasteiger partial charge in [0.05, 0.1) is 5.03 Å². The van der Waals surface area contributed by atoms with Crippen LogP contribution >= 0.6 is 11.6 Å². The average Bonchev–Trinajstić information content (AvgIpc) is 1.65. The maximum Gasteiger partial charge on any atom is 0.116 e. The first-order chi connectivity index (χ1) is 3.66. The predicted molar refractivity (Wildman–Crippen MR) is 34.6 cm³/mol. The number of amidine groups is 1. The fourth-order valence-electron chi connectivity index (χ4n) is 0.190. The Morgan fingerprint density at radius 2 is 2.12 bits per heavy atom. The molecule has 0 saturated heterocycles. The Balaban J connectivity index is 3.94. The second-order valence-corrected chi connectivity index (χ2v) is 1.57. The van der Waals surface area contributed by atoms with E-state index in [-0.39, 0.29) is 10.9 Å². The van der Waals surface area contributed by atoms with Gasteiger partial charge in [0.25, 0.3) is 0 Å². The van der Waals surface area contributed by atoms with E-state index in [4.69, 9.17) is 28.2 Å². The number of nitrogens with two attached hydrogens (primary N) is 1. The molecule has 0 aliphatic rings. The van der Waals surface area contributed by atoms with Crippen molar-refractivity contribution in [2.75, 3.05) is 0 Å². The summed E-state index contributed by atoms with van der Waals surface area (Å²) in [5.41, 5.74) is 4.89. The number of nitrogens with one attached hydrogen (secondary N) is 2. The van der Waals surface area contributed by atoms with E-state index in [0.717, 1.165) is 6.21 Å². The minimum absolute atomic E-state index is 0.140. The van der Waals surface area contributed by atoms with Crippen molar-refractivity contribution in [3.63, 3.8) is 0 Å². The lowest BCUT2D eigenvalue weighted by atomic mass is 10.5. The summed E-state index contributed by atoms with van der Waals surface area (Å²) in [4.78, 5) is 0. The monoisotopic (exact) mass is 131 g/mol. The Kier molecular flexibility index (Phi) is 2.88. The summed E-state index contributed by atoms with van der Waals surface area (Å²) in [6.45, 7) is 0. The molecule has 8 heavy (non-hydrogen) atoms. The van der Waals surface area contributed by atoms with Crippen molar-refractivity contribution < 1.29 is 0 Å². The van der Waals surface area contributed by atoms with E-state index in [0.29, 0.717) is 0 Å². The van der Waals surface area contributed by atoms with Crippen LogP contribution in [0.3, 0.4) is 0 Å². The SMILES string of the molecule is N=C/C(Cl)=C\C(=N)N. The normalized spacial score (nSPS) is 10.9. The van der Waals surface area contributed by atoms with Crippen LogP contribution in [0, 0.1) is 10.8 Å². The van der Waals surface area contributed by atoms with E-state index in [1.165, 1.54) is 6.08 Å². The van der Waals surface area contributed by atoms with Gasteiger partial charge in [0.15, 0.2) is 0 Å². The summed E-state index contributed by atoms with van der Waals surface area (Å²) in [6.07, 6.45) is 2.11. The second kappa shape index (κ2) is 3.21. The van der Waals surface area contributed by atoms with E-state index in [1.54, 1.807) is 0 Å². The first-order valence-corrected chi connectivity index (χ1v) is 2.26. The zero-order valence-electron chi connectivity index (χ0n) is 4.11. The zero-order chi connectivity index (χ0) is 6.57. The Labute approximate surface area is 52.2 Å². The summed E-state index contributed by atoms with van der Waals surface area (Å²) in [7, 11) is 0. The fraction of sp³-hybridized carbons (Fsp3) is 0. The molecule has 0 spiro atoms. The number of halogens is 1. The summed E-state index contributed by atoms with van der Waals surface area (Å²) >= 11 is 5.26. The van der Waals surface area contributed by atoms with E-state index >= 15 is 0 Å². The van der Waals surface area contributed by atoms with Crippen molar-refractivity contribution in [1.82, 2.24) is 0 Å². The molecule has 3 nitrogen and oxygen atoms in total. The topological polar surface area (TPSA) is 73.7 Å². The molecule has 0 aromatic carbocycles. The van der Waals surface area contributed by atoms with Crippen molar-refractivity contribution in [2.45, 2.75) is 0 Å². The zero-order valence-corrected chi connectivity index (χ0v) is 4.87. The van der Waals surface area contributed by atoms with Gasteiger partial charge in [-0.2, -0.15) is 0 Å². The highest BCUT2D eigenvalue weighted by Gasteiger charge is 1.83. The van der Waals surface area contributed by atoms with Crippen LogP contribution in [-0.4, -0.2) is 12.1 Å². The van der Waals surface area contributed by atoms with Gasteiger partial charge in [0, 0.05) is 6.21 Å². The number of hydrogen-bond donors (Lipinski definition) is 3. The third-order valence-electron chi connectivity index (χ3n) is 0.431. The van der Waals surface area contributed by atoms with E-state index in [2.05, 4.69) is 0 Å². The molecule has 0 aromatic heterocycles. The maximum absolute atomic E-state index is 6.64. The van der Waals surface area contributed by atoms with E-state index < -0.39 is 0 Å². The number of rotatable bonds is 2.